The van der Waals surface area contributed by atoms with Gasteiger partial charge in [-0.3, -0.25) is 0 Å². The Labute approximate surface area is 287 Å². The Bertz CT molecular complexity index is 2130. The highest BCUT2D eigenvalue weighted by molar-refractivity contribution is 9.10. The maximum Gasteiger partial charge on any atom is 0.0999 e. The lowest BCUT2D eigenvalue weighted by atomic mass is 9.82. The zero-order valence-corrected chi connectivity index (χ0v) is 28.7. The van der Waals surface area contributed by atoms with Crippen LogP contribution < -0.4 is 9.80 Å². The Morgan fingerprint density at radius 3 is 1.70 bits per heavy atom. The summed E-state index contributed by atoms with van der Waals surface area (Å²) in [6, 6.07) is 50.6. The Kier molecular flexibility index (Phi) is 7.41. The monoisotopic (exact) mass is 694 g/mol. The minimum atomic E-state index is -0.0760. The Balaban J connectivity index is 1.24. The summed E-state index contributed by atoms with van der Waals surface area (Å²) in [5, 5.41) is 6.63. The molecule has 46 heavy (non-hydrogen) atoms. The van der Waals surface area contributed by atoms with Crippen molar-refractivity contribution in [2.24, 2.45) is 0 Å². The molecule has 2 nitrogen and oxygen atoms in total. The van der Waals surface area contributed by atoms with Crippen LogP contribution in [0.5, 0.6) is 0 Å². The minimum absolute atomic E-state index is 0.0760. The van der Waals surface area contributed by atoms with Crippen molar-refractivity contribution >= 4 is 71.4 Å². The van der Waals surface area contributed by atoms with Crippen LogP contribution in [0, 0.1) is 0 Å². The number of hydrogen-bond acceptors (Lipinski definition) is 4. The average Bonchev–Trinajstić information content (AvgIpc) is 3.85. The number of nitrogens with zero attached hydrogens (tertiary/aromatic N) is 2. The van der Waals surface area contributed by atoms with E-state index in [-0.39, 0.29) is 5.41 Å². The molecule has 5 heteroatoms. The van der Waals surface area contributed by atoms with Gasteiger partial charge in [0.05, 0.1) is 21.4 Å². The molecule has 0 radical (unpaired) electrons. The van der Waals surface area contributed by atoms with Gasteiger partial charge in [0, 0.05) is 21.3 Å². The first-order valence-electron chi connectivity index (χ1n) is 15.4. The predicted octanol–water partition coefficient (Wildman–Crippen LogP) is 13.5. The van der Waals surface area contributed by atoms with Crippen LogP contribution >= 0.6 is 38.6 Å². The molecule has 2 aromatic heterocycles. The number of benzene rings is 5. The first-order valence-corrected chi connectivity index (χ1v) is 17.9. The molecule has 0 bridgehead atoms. The van der Waals surface area contributed by atoms with Gasteiger partial charge >= 0.3 is 0 Å². The Hall–Kier alpha value is -4.42. The third kappa shape index (κ3) is 5.09. The third-order valence-corrected chi connectivity index (χ3v) is 11.1. The first-order chi connectivity index (χ1) is 22.5. The van der Waals surface area contributed by atoms with E-state index in [0.29, 0.717) is 0 Å². The average molecular weight is 696 g/mol. The van der Waals surface area contributed by atoms with Crippen LogP contribution in [-0.2, 0) is 5.41 Å². The molecular weight excluding hydrogens is 665 g/mol. The minimum Gasteiger partial charge on any atom is -0.302 e. The maximum atomic E-state index is 3.90. The van der Waals surface area contributed by atoms with E-state index in [1.165, 1.54) is 38.4 Å². The van der Waals surface area contributed by atoms with Gasteiger partial charge in [-0.1, -0.05) is 103 Å². The number of rotatable bonds is 7. The van der Waals surface area contributed by atoms with Gasteiger partial charge in [-0.15, -0.1) is 22.7 Å². The van der Waals surface area contributed by atoms with Gasteiger partial charge in [0.2, 0.25) is 0 Å². The number of fused-ring (bicyclic) bond motifs is 3. The number of hydrogen-bond donors (Lipinski definition) is 0. The molecule has 2 heterocycles. The second kappa shape index (κ2) is 11.7. The second-order valence-corrected chi connectivity index (χ2v) is 14.8. The van der Waals surface area contributed by atoms with Gasteiger partial charge < -0.3 is 9.80 Å². The summed E-state index contributed by atoms with van der Waals surface area (Å²) >= 11 is 7.40. The zero-order chi connectivity index (χ0) is 31.3. The third-order valence-electron chi connectivity index (χ3n) is 8.89. The highest BCUT2D eigenvalue weighted by Gasteiger charge is 2.35. The van der Waals surface area contributed by atoms with Crippen LogP contribution in [-0.4, -0.2) is 0 Å². The maximum absolute atomic E-state index is 3.90. The quantitative estimate of drug-likeness (QED) is 0.164. The van der Waals surface area contributed by atoms with E-state index >= 15 is 0 Å². The SMILES string of the molecule is CC1(C)c2ccccc2-c2ccc(N(c3cc(Br)cc(N(c4ccc(-c5ccccc5)cc4)c4cccs4)c3)c3cccs3)cc21. The number of halogens is 1. The number of thiophene rings is 2. The smallest absolute Gasteiger partial charge is 0.0999 e. The first kappa shape index (κ1) is 29.0. The van der Waals surface area contributed by atoms with E-state index < -0.39 is 0 Å². The van der Waals surface area contributed by atoms with Gasteiger partial charge in [-0.25, -0.2) is 0 Å². The van der Waals surface area contributed by atoms with Crippen LogP contribution in [0.2, 0.25) is 0 Å². The normalized spacial score (nSPS) is 12.8. The zero-order valence-electron chi connectivity index (χ0n) is 25.5. The highest BCUT2D eigenvalue weighted by Crippen LogP contribution is 2.51. The van der Waals surface area contributed by atoms with Crippen molar-refractivity contribution in [2.45, 2.75) is 19.3 Å². The molecule has 0 atom stereocenters. The van der Waals surface area contributed by atoms with Crippen LogP contribution in [0.4, 0.5) is 32.8 Å². The highest BCUT2D eigenvalue weighted by atomic mass is 79.9. The van der Waals surface area contributed by atoms with Crippen molar-refractivity contribution in [2.75, 3.05) is 9.80 Å². The Morgan fingerprint density at radius 2 is 1.04 bits per heavy atom. The molecule has 0 amide bonds. The van der Waals surface area contributed by atoms with Crippen molar-refractivity contribution < 1.29 is 0 Å². The molecule has 0 unspecified atom stereocenters. The van der Waals surface area contributed by atoms with Gasteiger partial charge in [0.1, 0.15) is 0 Å². The molecule has 7 aromatic rings. The van der Waals surface area contributed by atoms with E-state index in [2.05, 4.69) is 190 Å². The van der Waals surface area contributed by atoms with Crippen LogP contribution in [0.3, 0.4) is 0 Å². The van der Waals surface area contributed by atoms with E-state index in [1.807, 2.05) is 0 Å². The summed E-state index contributed by atoms with van der Waals surface area (Å²) in [5.74, 6) is 0. The molecule has 1 aliphatic rings. The fraction of sp³-hybridized carbons (Fsp3) is 0.0732. The summed E-state index contributed by atoms with van der Waals surface area (Å²) in [7, 11) is 0. The fourth-order valence-electron chi connectivity index (χ4n) is 6.68. The van der Waals surface area contributed by atoms with Gasteiger partial charge in [-0.05, 0) is 111 Å². The van der Waals surface area contributed by atoms with Crippen LogP contribution in [0.15, 0.2) is 155 Å². The molecular formula is C41H31BrN2S2. The lowest BCUT2D eigenvalue weighted by Crippen LogP contribution is -2.16. The topological polar surface area (TPSA) is 6.48 Å². The van der Waals surface area contributed by atoms with Crippen LogP contribution in [0.25, 0.3) is 22.3 Å². The predicted molar refractivity (Wildman–Crippen MR) is 202 cm³/mol. The standard InChI is InChI=1S/C41H31BrN2S2/c1-41(2)37-13-7-6-12-35(37)36-21-20-32(27-38(36)41)44(40-15-9-23-46-40)34-25-30(42)24-33(26-34)43(39-14-8-22-45-39)31-18-16-29(17-19-31)28-10-4-3-5-11-28/h3-27H,1-2H3. The molecule has 1 aliphatic carbocycles. The van der Waals surface area contributed by atoms with Crippen LogP contribution in [0.1, 0.15) is 25.0 Å². The van der Waals surface area contributed by atoms with E-state index in [4.69, 9.17) is 0 Å². The molecule has 0 spiro atoms. The van der Waals surface area contributed by atoms with Gasteiger partial charge in [-0.2, -0.15) is 0 Å². The van der Waals surface area contributed by atoms with Crippen molar-refractivity contribution in [1.29, 1.82) is 0 Å². The molecule has 5 aromatic carbocycles. The number of anilines is 6. The largest absolute Gasteiger partial charge is 0.302 e. The van der Waals surface area contributed by atoms with E-state index in [0.717, 1.165) is 32.2 Å². The van der Waals surface area contributed by atoms with E-state index in [9.17, 15) is 0 Å². The summed E-state index contributed by atoms with van der Waals surface area (Å²) in [6.07, 6.45) is 0. The Morgan fingerprint density at radius 1 is 0.478 bits per heavy atom. The van der Waals surface area contributed by atoms with Crippen molar-refractivity contribution in [1.82, 2.24) is 0 Å². The van der Waals surface area contributed by atoms with Crippen molar-refractivity contribution in [3.8, 4) is 22.3 Å². The molecule has 8 rings (SSSR count). The summed E-state index contributed by atoms with van der Waals surface area (Å²) in [5.41, 5.74) is 12.2. The molecule has 0 N–H and O–H groups in total. The van der Waals surface area contributed by atoms with Gasteiger partial charge in [0.25, 0.3) is 0 Å². The van der Waals surface area contributed by atoms with Gasteiger partial charge in [0.15, 0.2) is 0 Å². The fourth-order valence-corrected chi connectivity index (χ4v) is 8.69. The van der Waals surface area contributed by atoms with Crippen molar-refractivity contribution in [3.63, 3.8) is 0 Å². The summed E-state index contributed by atoms with van der Waals surface area (Å²) in [4.78, 5) is 4.74. The summed E-state index contributed by atoms with van der Waals surface area (Å²) < 4.78 is 1.03. The molecule has 0 saturated carbocycles. The molecule has 0 aliphatic heterocycles. The van der Waals surface area contributed by atoms with Crippen molar-refractivity contribution in [3.05, 3.63) is 166 Å². The summed E-state index contributed by atoms with van der Waals surface area (Å²) in [6.45, 7) is 4.69. The molecule has 224 valence electrons. The lowest BCUT2D eigenvalue weighted by Gasteiger charge is -2.29. The second-order valence-electron chi connectivity index (χ2n) is 12.1. The molecule has 0 saturated heterocycles. The van der Waals surface area contributed by atoms with E-state index in [1.54, 1.807) is 22.7 Å². The lowest BCUT2D eigenvalue weighted by molar-refractivity contribution is 0.660. The molecule has 0 fully saturated rings.